The number of rotatable bonds is 1. The summed E-state index contributed by atoms with van der Waals surface area (Å²) >= 11 is 0. The summed E-state index contributed by atoms with van der Waals surface area (Å²) in [5.41, 5.74) is 3.04. The van der Waals surface area contributed by atoms with Gasteiger partial charge in [0, 0.05) is 0 Å². The van der Waals surface area contributed by atoms with Crippen LogP contribution in [0.1, 0.15) is 0 Å². The lowest BCUT2D eigenvalue weighted by Crippen LogP contribution is -2.24. The van der Waals surface area contributed by atoms with Gasteiger partial charge < -0.3 is 5.73 Å². The predicted molar refractivity (Wildman–Crippen MR) is 37.6 cm³/mol. The van der Waals surface area contributed by atoms with Crippen molar-refractivity contribution in [1.82, 2.24) is 9.97 Å². The first-order chi connectivity index (χ1) is 5.15. The molecule has 0 saturated heterocycles. The molecule has 0 bridgehead atoms. The summed E-state index contributed by atoms with van der Waals surface area (Å²) in [5, 5.41) is 2.34. The molecule has 0 aliphatic carbocycles. The van der Waals surface area contributed by atoms with Crippen LogP contribution in [0, 0.1) is 4.91 Å². The Morgan fingerprint density at radius 1 is 1.27 bits per heavy atom. The lowest BCUT2D eigenvalue weighted by Gasteiger charge is -1.91. The number of hydrogen-bond acceptors (Lipinski definition) is 5. The van der Waals surface area contributed by atoms with Gasteiger partial charge in [-0.05, 0) is 5.18 Å². The summed E-state index contributed by atoms with van der Waals surface area (Å²) in [7, 11) is 0. The van der Waals surface area contributed by atoms with Crippen LogP contribution in [0.4, 0.5) is 11.5 Å². The van der Waals surface area contributed by atoms with Crippen molar-refractivity contribution in [2.75, 3.05) is 5.73 Å². The maximum atomic E-state index is 10.6. The van der Waals surface area contributed by atoms with Crippen molar-refractivity contribution >= 4 is 11.5 Å². The molecule has 0 aromatic carbocycles. The standard InChI is InChI=1S/C4H4N4O3/c5-1-2(8-11)6-4(10)7-3(1)9/h5H2,(H2,6,7,9,10). The van der Waals surface area contributed by atoms with Crippen molar-refractivity contribution in [3.05, 3.63) is 25.7 Å². The summed E-state index contributed by atoms with van der Waals surface area (Å²) in [6.07, 6.45) is 0. The number of nitrogens with zero attached hydrogens (tertiary/aromatic N) is 1. The largest absolute Gasteiger partial charge is 0.391 e. The fourth-order valence-corrected chi connectivity index (χ4v) is 0.556. The predicted octanol–water partition coefficient (Wildman–Crippen LogP) is -0.957. The number of H-pyrrole nitrogens is 2. The number of hydrogen-bond donors (Lipinski definition) is 3. The lowest BCUT2D eigenvalue weighted by atomic mass is 10.5. The van der Waals surface area contributed by atoms with Crippen LogP contribution in [0.25, 0.3) is 0 Å². The van der Waals surface area contributed by atoms with Crippen LogP contribution in [0.2, 0.25) is 0 Å². The van der Waals surface area contributed by atoms with Gasteiger partial charge in [0.05, 0.1) is 0 Å². The van der Waals surface area contributed by atoms with Crippen LogP contribution < -0.4 is 17.0 Å². The van der Waals surface area contributed by atoms with Crippen LogP contribution >= 0.6 is 0 Å². The smallest absolute Gasteiger partial charge is 0.327 e. The van der Waals surface area contributed by atoms with E-state index in [4.69, 9.17) is 5.73 Å². The minimum absolute atomic E-state index is 0.389. The summed E-state index contributed by atoms with van der Waals surface area (Å²) in [6, 6.07) is 0. The Bertz CT molecular complexity index is 389. The summed E-state index contributed by atoms with van der Waals surface area (Å²) < 4.78 is 0. The third-order valence-electron chi connectivity index (χ3n) is 1.05. The second kappa shape index (κ2) is 2.37. The van der Waals surface area contributed by atoms with Crippen molar-refractivity contribution < 1.29 is 0 Å². The van der Waals surface area contributed by atoms with Crippen molar-refractivity contribution in [3.8, 4) is 0 Å². The van der Waals surface area contributed by atoms with E-state index in [1.165, 1.54) is 0 Å². The molecule has 0 fully saturated rings. The number of nitrogen functional groups attached to an aromatic ring is 1. The highest BCUT2D eigenvalue weighted by atomic mass is 16.3. The third-order valence-corrected chi connectivity index (χ3v) is 1.05. The molecule has 0 spiro atoms. The molecular weight excluding hydrogens is 152 g/mol. The molecule has 0 saturated carbocycles. The van der Waals surface area contributed by atoms with Crippen molar-refractivity contribution in [2.24, 2.45) is 5.18 Å². The fraction of sp³-hybridized carbons (Fsp3) is 0. The van der Waals surface area contributed by atoms with E-state index in [9.17, 15) is 14.5 Å². The van der Waals surface area contributed by atoms with Crippen molar-refractivity contribution in [2.45, 2.75) is 0 Å². The Hall–Kier alpha value is -1.92. The minimum atomic E-state index is -0.816. The number of nitroso groups, excluding NO2 is 1. The highest BCUT2D eigenvalue weighted by Crippen LogP contribution is 2.08. The van der Waals surface area contributed by atoms with Gasteiger partial charge in [-0.1, -0.05) is 0 Å². The highest BCUT2D eigenvalue weighted by molar-refractivity contribution is 5.54. The second-order valence-electron chi connectivity index (χ2n) is 1.76. The van der Waals surface area contributed by atoms with Gasteiger partial charge in [-0.2, -0.15) is 0 Å². The van der Waals surface area contributed by atoms with Crippen LogP contribution in [0.3, 0.4) is 0 Å². The van der Waals surface area contributed by atoms with Gasteiger partial charge in [-0.25, -0.2) is 4.79 Å². The molecule has 4 N–H and O–H groups in total. The Kier molecular flexibility index (Phi) is 1.55. The van der Waals surface area contributed by atoms with Crippen molar-refractivity contribution in [3.63, 3.8) is 0 Å². The summed E-state index contributed by atoms with van der Waals surface area (Å²) in [4.78, 5) is 34.7. The number of nitrogens with one attached hydrogen (secondary N) is 2. The van der Waals surface area contributed by atoms with E-state index in [2.05, 4.69) is 5.18 Å². The van der Waals surface area contributed by atoms with E-state index in [0.717, 1.165) is 0 Å². The first-order valence-corrected chi connectivity index (χ1v) is 2.60. The van der Waals surface area contributed by atoms with Crippen LogP contribution in [-0.4, -0.2) is 9.97 Å². The highest BCUT2D eigenvalue weighted by Gasteiger charge is 2.03. The van der Waals surface area contributed by atoms with Gasteiger partial charge >= 0.3 is 5.69 Å². The molecular formula is C4H4N4O3. The maximum Gasteiger partial charge on any atom is 0.327 e. The molecule has 0 atom stereocenters. The lowest BCUT2D eigenvalue weighted by molar-refractivity contribution is 1.03. The molecule has 0 aliphatic heterocycles. The van der Waals surface area contributed by atoms with Crippen LogP contribution in [-0.2, 0) is 0 Å². The van der Waals surface area contributed by atoms with Crippen molar-refractivity contribution in [1.29, 1.82) is 0 Å². The Labute approximate surface area is 59.2 Å². The Balaban J connectivity index is 3.61. The average Bonchev–Trinajstić information content (AvgIpc) is 1.96. The molecule has 11 heavy (non-hydrogen) atoms. The Morgan fingerprint density at radius 3 is 2.45 bits per heavy atom. The van der Waals surface area contributed by atoms with E-state index in [-0.39, 0.29) is 5.69 Å². The first kappa shape index (κ1) is 7.19. The third kappa shape index (κ3) is 1.16. The van der Waals surface area contributed by atoms with Gasteiger partial charge in [0.15, 0.2) is 0 Å². The monoisotopic (exact) mass is 156 g/mol. The summed E-state index contributed by atoms with van der Waals surface area (Å²) in [5.74, 6) is -0.446. The molecule has 0 radical (unpaired) electrons. The van der Waals surface area contributed by atoms with Gasteiger partial charge in [0.2, 0.25) is 5.82 Å². The van der Waals surface area contributed by atoms with Gasteiger partial charge in [-0.3, -0.25) is 14.8 Å². The molecule has 1 heterocycles. The number of aromatic amines is 2. The molecule has 1 rings (SSSR count). The molecule has 0 amide bonds. The normalized spacial score (nSPS) is 9.45. The van der Waals surface area contributed by atoms with Gasteiger partial charge in [0.1, 0.15) is 5.69 Å². The van der Waals surface area contributed by atoms with E-state index in [0.29, 0.717) is 0 Å². The van der Waals surface area contributed by atoms with Gasteiger partial charge in [-0.15, -0.1) is 4.91 Å². The quantitative estimate of drug-likeness (QED) is 0.453. The fourth-order valence-electron chi connectivity index (χ4n) is 0.556. The zero-order chi connectivity index (χ0) is 8.43. The number of nitrogens with two attached hydrogens (primary N) is 1. The van der Waals surface area contributed by atoms with Crippen LogP contribution in [0.5, 0.6) is 0 Å². The van der Waals surface area contributed by atoms with Gasteiger partial charge in [0.25, 0.3) is 5.56 Å². The first-order valence-electron chi connectivity index (χ1n) is 2.60. The second-order valence-corrected chi connectivity index (χ2v) is 1.76. The molecule has 7 nitrogen and oxygen atoms in total. The minimum Gasteiger partial charge on any atom is -0.391 e. The summed E-state index contributed by atoms with van der Waals surface area (Å²) in [6.45, 7) is 0. The average molecular weight is 156 g/mol. The molecule has 58 valence electrons. The SMILES string of the molecule is Nc1c(N=O)[nH]c(=O)[nH]c1=O. The number of anilines is 1. The molecule has 7 heteroatoms. The van der Waals surface area contributed by atoms with E-state index in [1.54, 1.807) is 0 Å². The topological polar surface area (TPSA) is 121 Å². The van der Waals surface area contributed by atoms with E-state index in [1.807, 2.05) is 9.97 Å². The molecule has 1 aromatic heterocycles. The maximum absolute atomic E-state index is 10.6. The Morgan fingerprint density at radius 2 is 1.91 bits per heavy atom. The zero-order valence-electron chi connectivity index (χ0n) is 5.25. The van der Waals surface area contributed by atoms with Crippen LogP contribution in [0.15, 0.2) is 14.8 Å². The van der Waals surface area contributed by atoms with E-state index >= 15 is 0 Å². The molecule has 0 aliphatic rings. The zero-order valence-corrected chi connectivity index (χ0v) is 5.25. The van der Waals surface area contributed by atoms with E-state index < -0.39 is 17.1 Å². The molecule has 1 aromatic rings. The number of aromatic nitrogens is 2. The molecule has 0 unspecified atom stereocenters.